The number of nitrogens with zero attached hydrogens (tertiary/aromatic N) is 2. The predicted octanol–water partition coefficient (Wildman–Crippen LogP) is 5.14. The summed E-state index contributed by atoms with van der Waals surface area (Å²) in [4.78, 5) is 27.9. The molecule has 0 saturated carbocycles. The highest BCUT2D eigenvalue weighted by molar-refractivity contribution is 7.92. The highest BCUT2D eigenvalue weighted by Gasteiger charge is 2.32. The number of carbonyl (C=O) groups excluding carboxylic acids is 2. The number of hydrogen-bond acceptors (Lipinski definition) is 4. The molecule has 0 heterocycles. The molecule has 0 aliphatic rings. The Hall–Kier alpha value is -3.08. The van der Waals surface area contributed by atoms with Crippen LogP contribution in [0.2, 0.25) is 0 Å². The molecule has 0 radical (unpaired) electrons. The zero-order chi connectivity index (χ0) is 29.4. The first-order chi connectivity index (χ1) is 18.1. The van der Waals surface area contributed by atoms with E-state index in [9.17, 15) is 31.2 Å². The van der Waals surface area contributed by atoms with Gasteiger partial charge in [-0.05, 0) is 49.4 Å². The maximum atomic E-state index is 13.4. The van der Waals surface area contributed by atoms with Crippen molar-refractivity contribution in [2.24, 2.45) is 5.92 Å². The van der Waals surface area contributed by atoms with Crippen molar-refractivity contribution in [1.82, 2.24) is 10.2 Å². The van der Waals surface area contributed by atoms with Crippen LogP contribution in [-0.4, -0.2) is 50.5 Å². The van der Waals surface area contributed by atoms with E-state index in [2.05, 4.69) is 5.32 Å². The molecule has 2 amide bonds. The van der Waals surface area contributed by atoms with Gasteiger partial charge in [-0.25, -0.2) is 8.42 Å². The second-order valence-electron chi connectivity index (χ2n) is 10.1. The van der Waals surface area contributed by atoms with E-state index in [0.29, 0.717) is 13.0 Å². The van der Waals surface area contributed by atoms with Crippen LogP contribution in [0.4, 0.5) is 18.9 Å². The normalized spacial score (nSPS) is 12.7. The summed E-state index contributed by atoms with van der Waals surface area (Å²) in [7, 11) is -3.92. The Kier molecular flexibility index (Phi) is 11.4. The van der Waals surface area contributed by atoms with E-state index >= 15 is 0 Å². The lowest BCUT2D eigenvalue weighted by Crippen LogP contribution is -2.49. The minimum Gasteiger partial charge on any atom is -0.354 e. The third-order valence-electron chi connectivity index (χ3n) is 6.16. The number of hydrogen-bond donors (Lipinski definition) is 1. The number of nitrogens with one attached hydrogen (secondary N) is 1. The Morgan fingerprint density at radius 3 is 2.23 bits per heavy atom. The summed E-state index contributed by atoms with van der Waals surface area (Å²) in [5, 5.41) is 2.88. The molecule has 1 N–H and O–H groups in total. The van der Waals surface area contributed by atoms with Crippen LogP contribution in [-0.2, 0) is 32.3 Å². The molecule has 0 fully saturated rings. The highest BCUT2D eigenvalue weighted by Crippen LogP contribution is 2.32. The van der Waals surface area contributed by atoms with Crippen molar-refractivity contribution in [3.05, 3.63) is 65.2 Å². The quantitative estimate of drug-likeness (QED) is 0.362. The van der Waals surface area contributed by atoms with E-state index in [1.54, 1.807) is 0 Å². The van der Waals surface area contributed by atoms with E-state index in [-0.39, 0.29) is 49.4 Å². The van der Waals surface area contributed by atoms with Crippen LogP contribution in [0.3, 0.4) is 0 Å². The summed E-state index contributed by atoms with van der Waals surface area (Å²) >= 11 is 0. The van der Waals surface area contributed by atoms with Crippen LogP contribution in [0.15, 0.2) is 48.5 Å². The number of rotatable bonds is 13. The molecule has 2 rings (SSSR count). The third kappa shape index (κ3) is 9.87. The highest BCUT2D eigenvalue weighted by atomic mass is 32.2. The largest absolute Gasteiger partial charge is 0.416 e. The van der Waals surface area contributed by atoms with E-state index in [4.69, 9.17) is 0 Å². The summed E-state index contributed by atoms with van der Waals surface area (Å²) in [6.45, 7) is 8.15. The Morgan fingerprint density at radius 1 is 1.05 bits per heavy atom. The number of benzene rings is 2. The molecule has 7 nitrogen and oxygen atoms in total. The first-order valence-electron chi connectivity index (χ1n) is 12.9. The van der Waals surface area contributed by atoms with Gasteiger partial charge in [0, 0.05) is 26.1 Å². The molecule has 11 heteroatoms. The number of carbonyl (C=O) groups is 2. The van der Waals surface area contributed by atoms with Gasteiger partial charge in [-0.1, -0.05) is 56.7 Å². The van der Waals surface area contributed by atoms with Gasteiger partial charge in [-0.3, -0.25) is 13.9 Å². The van der Waals surface area contributed by atoms with Gasteiger partial charge in [0.1, 0.15) is 6.04 Å². The second kappa shape index (κ2) is 13.8. The van der Waals surface area contributed by atoms with Crippen LogP contribution in [0.25, 0.3) is 0 Å². The number of halogens is 3. The number of sulfonamides is 1. The maximum Gasteiger partial charge on any atom is 0.416 e. The van der Waals surface area contributed by atoms with Crippen LogP contribution >= 0.6 is 0 Å². The molecule has 0 bridgehead atoms. The molecule has 216 valence electrons. The van der Waals surface area contributed by atoms with Gasteiger partial charge in [-0.2, -0.15) is 13.2 Å². The summed E-state index contributed by atoms with van der Waals surface area (Å²) in [6, 6.07) is 10.9. The molecule has 39 heavy (non-hydrogen) atoms. The summed E-state index contributed by atoms with van der Waals surface area (Å²) in [5.74, 6) is -0.390. The molecule has 0 aromatic heterocycles. The molecular weight excluding hydrogens is 531 g/mol. The molecule has 0 spiro atoms. The van der Waals surface area contributed by atoms with Crippen LogP contribution in [0.1, 0.15) is 56.7 Å². The SMILES string of the molecule is CCC(C(=O)NCC(C)C)N(Cc1ccc(C)cc1)C(=O)CCCN(c1cccc(C(F)(F)F)c1)S(C)(=O)=O. The molecule has 0 saturated heterocycles. The molecule has 2 aromatic rings. The van der Waals surface area contributed by atoms with Crippen molar-refractivity contribution in [3.63, 3.8) is 0 Å². The minimum atomic E-state index is -4.63. The number of anilines is 1. The van der Waals surface area contributed by atoms with Crippen LogP contribution in [0.5, 0.6) is 0 Å². The molecule has 1 unspecified atom stereocenters. The Morgan fingerprint density at radius 2 is 1.69 bits per heavy atom. The Balaban J connectivity index is 2.25. The standard InChI is InChI=1S/C28H38F3N3O4S/c1-6-25(27(36)32-18-20(2)3)33(19-22-14-12-21(4)13-15-22)26(35)11-8-16-34(39(5,37)38)24-10-7-9-23(17-24)28(29,30)31/h7,9-10,12-15,17,20,25H,6,8,11,16,18-19H2,1-5H3,(H,32,36). The van der Waals surface area contributed by atoms with Gasteiger partial charge in [-0.15, -0.1) is 0 Å². The molecule has 2 aromatic carbocycles. The van der Waals surface area contributed by atoms with Crippen LogP contribution < -0.4 is 9.62 Å². The van der Waals surface area contributed by atoms with Crippen molar-refractivity contribution in [3.8, 4) is 0 Å². The van der Waals surface area contributed by atoms with Crippen molar-refractivity contribution in [1.29, 1.82) is 0 Å². The summed E-state index contributed by atoms with van der Waals surface area (Å²) in [6.07, 6.45) is -3.38. The molecule has 0 aliphatic carbocycles. The average molecular weight is 570 g/mol. The van der Waals surface area contributed by atoms with E-state index in [1.165, 1.54) is 11.0 Å². The number of amides is 2. The zero-order valence-corrected chi connectivity index (χ0v) is 23.9. The number of alkyl halides is 3. The summed E-state index contributed by atoms with van der Waals surface area (Å²) < 4.78 is 65.3. The fourth-order valence-corrected chi connectivity index (χ4v) is 5.03. The third-order valence-corrected chi connectivity index (χ3v) is 7.35. The van der Waals surface area contributed by atoms with Crippen molar-refractivity contribution >= 4 is 27.5 Å². The first-order valence-corrected chi connectivity index (χ1v) is 14.8. The lowest BCUT2D eigenvalue weighted by molar-refractivity contribution is -0.141. The monoisotopic (exact) mass is 569 g/mol. The van der Waals surface area contributed by atoms with Gasteiger partial charge in [0.05, 0.1) is 17.5 Å². The zero-order valence-electron chi connectivity index (χ0n) is 23.1. The van der Waals surface area contributed by atoms with Gasteiger partial charge in [0.2, 0.25) is 21.8 Å². The molecule has 0 aliphatic heterocycles. The number of aryl methyl sites for hydroxylation is 1. The van der Waals surface area contributed by atoms with E-state index < -0.39 is 27.8 Å². The Labute approximate surface area is 229 Å². The van der Waals surface area contributed by atoms with Crippen LogP contribution in [0, 0.1) is 12.8 Å². The predicted molar refractivity (Wildman–Crippen MR) is 147 cm³/mol. The van der Waals surface area contributed by atoms with Gasteiger partial charge < -0.3 is 10.2 Å². The van der Waals surface area contributed by atoms with Crippen molar-refractivity contribution in [2.45, 2.75) is 65.7 Å². The van der Waals surface area contributed by atoms with Gasteiger partial charge in [0.25, 0.3) is 0 Å². The van der Waals surface area contributed by atoms with E-state index in [1.807, 2.05) is 52.0 Å². The maximum absolute atomic E-state index is 13.4. The average Bonchev–Trinajstić information content (AvgIpc) is 2.85. The second-order valence-corrected chi connectivity index (χ2v) is 12.0. The first kappa shape index (κ1) is 32.1. The van der Waals surface area contributed by atoms with Gasteiger partial charge in [0.15, 0.2) is 0 Å². The smallest absolute Gasteiger partial charge is 0.354 e. The fraction of sp³-hybridized carbons (Fsp3) is 0.500. The lowest BCUT2D eigenvalue weighted by atomic mass is 10.1. The molecular formula is C28H38F3N3O4S. The summed E-state index contributed by atoms with van der Waals surface area (Å²) in [5.41, 5.74) is 0.794. The Bertz CT molecular complexity index is 1220. The fourth-order valence-electron chi connectivity index (χ4n) is 4.07. The van der Waals surface area contributed by atoms with Crippen molar-refractivity contribution < 1.29 is 31.2 Å². The minimum absolute atomic E-state index is 0.0522. The van der Waals surface area contributed by atoms with E-state index in [0.717, 1.165) is 39.9 Å². The lowest BCUT2D eigenvalue weighted by Gasteiger charge is -2.31. The van der Waals surface area contributed by atoms with Gasteiger partial charge >= 0.3 is 6.18 Å². The molecule has 1 atom stereocenters. The topological polar surface area (TPSA) is 86.8 Å². The van der Waals surface area contributed by atoms with Crippen molar-refractivity contribution in [2.75, 3.05) is 23.7 Å².